The van der Waals surface area contributed by atoms with E-state index in [9.17, 15) is 24.2 Å². The first-order valence-electron chi connectivity index (χ1n) is 12.7. The number of aliphatic hydroxyl groups excluding tert-OH is 1. The minimum absolute atomic E-state index is 0.0399. The molecule has 40 heavy (non-hydrogen) atoms. The molecule has 2 aromatic carbocycles. The molecule has 1 fully saturated rings. The van der Waals surface area contributed by atoms with Crippen LogP contribution in [0.2, 0.25) is 5.02 Å². The lowest BCUT2D eigenvalue weighted by atomic mass is 10.1. The number of carbonyl (C=O) groups is 1. The Bertz CT molecular complexity index is 1690. The van der Waals surface area contributed by atoms with Crippen molar-refractivity contribution < 1.29 is 19.4 Å². The number of benzene rings is 2. The number of amides is 1. The lowest BCUT2D eigenvalue weighted by molar-refractivity contribution is -0.126. The molecule has 9 nitrogen and oxygen atoms in total. The van der Waals surface area contributed by atoms with Crippen LogP contribution in [0.3, 0.4) is 0 Å². The number of halogens is 2. The summed E-state index contributed by atoms with van der Waals surface area (Å²) in [6.45, 7) is 8.18. The third-order valence-corrected chi connectivity index (χ3v) is 7.33. The summed E-state index contributed by atoms with van der Waals surface area (Å²) in [7, 11) is 0. The highest BCUT2D eigenvalue weighted by molar-refractivity contribution is 6.34. The molecular formula is C29H27ClFN5O4. The standard InChI is InChI=1S/C29H27ClFN5O4/c1-4-24(39)34-12-13-35(16(2)15-34)27-19-14-20(30)26(25-21(31)9-7-11-23(25)38)32-28(19)36(29(40)33-27)22-10-6-5-8-18(22)17(3)37/h4-11,14,16-17,37-38H,1,12-13,15H2,2-3H3/t16-,17-/m0/s1. The summed E-state index contributed by atoms with van der Waals surface area (Å²) < 4.78 is 16.2. The second-order valence-electron chi connectivity index (χ2n) is 9.64. The largest absolute Gasteiger partial charge is 0.507 e. The van der Waals surface area contributed by atoms with Crippen molar-refractivity contribution in [3.8, 4) is 22.7 Å². The number of aromatic nitrogens is 3. The Labute approximate surface area is 234 Å². The topological polar surface area (TPSA) is 112 Å². The second kappa shape index (κ2) is 10.7. The number of pyridine rings is 1. The summed E-state index contributed by atoms with van der Waals surface area (Å²) in [4.78, 5) is 38.6. The quantitative estimate of drug-likeness (QED) is 0.350. The Morgan fingerprint density at radius 1 is 1.20 bits per heavy atom. The van der Waals surface area contributed by atoms with Gasteiger partial charge in [0.2, 0.25) is 5.91 Å². The molecule has 0 radical (unpaired) electrons. The molecule has 206 valence electrons. The minimum atomic E-state index is -0.921. The van der Waals surface area contributed by atoms with Crippen molar-refractivity contribution >= 4 is 34.4 Å². The van der Waals surface area contributed by atoms with E-state index in [1.807, 2.05) is 11.8 Å². The molecule has 1 aliphatic heterocycles. The van der Waals surface area contributed by atoms with Gasteiger partial charge < -0.3 is 20.0 Å². The van der Waals surface area contributed by atoms with Gasteiger partial charge in [-0.3, -0.25) is 4.79 Å². The van der Waals surface area contributed by atoms with Gasteiger partial charge in [-0.1, -0.05) is 42.4 Å². The van der Waals surface area contributed by atoms with Gasteiger partial charge in [0.05, 0.1) is 33.5 Å². The van der Waals surface area contributed by atoms with Crippen molar-refractivity contribution in [3.63, 3.8) is 0 Å². The fourth-order valence-electron chi connectivity index (χ4n) is 5.11. The maximum Gasteiger partial charge on any atom is 0.355 e. The average Bonchev–Trinajstić information content (AvgIpc) is 2.92. The lowest BCUT2D eigenvalue weighted by Gasteiger charge is -2.40. The van der Waals surface area contributed by atoms with Gasteiger partial charge in [-0.15, -0.1) is 0 Å². The van der Waals surface area contributed by atoms with E-state index in [-0.39, 0.29) is 39.6 Å². The monoisotopic (exact) mass is 563 g/mol. The number of anilines is 1. The summed E-state index contributed by atoms with van der Waals surface area (Å²) >= 11 is 6.65. The molecule has 4 aromatic rings. The van der Waals surface area contributed by atoms with E-state index in [0.717, 1.165) is 0 Å². The molecule has 0 unspecified atom stereocenters. The number of aliphatic hydroxyl groups is 1. The number of aromatic hydroxyl groups is 1. The molecule has 1 saturated heterocycles. The molecule has 1 aliphatic rings. The molecule has 1 amide bonds. The van der Waals surface area contributed by atoms with Crippen molar-refractivity contribution in [3.05, 3.63) is 88.1 Å². The third kappa shape index (κ3) is 4.69. The molecule has 11 heteroatoms. The van der Waals surface area contributed by atoms with Crippen molar-refractivity contribution in [2.24, 2.45) is 0 Å². The summed E-state index contributed by atoms with van der Waals surface area (Å²) in [5, 5.41) is 21.4. The van der Waals surface area contributed by atoms with Crippen LogP contribution in [0.25, 0.3) is 28.0 Å². The molecule has 0 aliphatic carbocycles. The number of hydrogen-bond donors (Lipinski definition) is 2. The molecule has 2 atom stereocenters. The Hall–Kier alpha value is -4.28. The number of piperazine rings is 1. The number of phenols is 1. The van der Waals surface area contributed by atoms with E-state index in [1.54, 1.807) is 42.2 Å². The molecule has 2 aromatic heterocycles. The molecule has 2 N–H and O–H groups in total. The highest BCUT2D eigenvalue weighted by atomic mass is 35.5. The Morgan fingerprint density at radius 2 is 1.95 bits per heavy atom. The molecule has 0 bridgehead atoms. The average molecular weight is 564 g/mol. The maximum absolute atomic E-state index is 14.9. The molecule has 5 rings (SSSR count). The second-order valence-corrected chi connectivity index (χ2v) is 10.1. The van der Waals surface area contributed by atoms with E-state index in [2.05, 4.69) is 16.5 Å². The third-order valence-electron chi connectivity index (χ3n) is 7.04. The van der Waals surface area contributed by atoms with Crippen molar-refractivity contribution in [2.45, 2.75) is 26.0 Å². The van der Waals surface area contributed by atoms with Gasteiger partial charge in [0, 0.05) is 31.2 Å². The van der Waals surface area contributed by atoms with Gasteiger partial charge in [-0.05, 0) is 44.2 Å². The molecule has 0 saturated carbocycles. The zero-order chi connectivity index (χ0) is 28.7. The van der Waals surface area contributed by atoms with Gasteiger partial charge in [-0.25, -0.2) is 18.7 Å². The van der Waals surface area contributed by atoms with Crippen LogP contribution in [0.15, 0.2) is 66.0 Å². The Kier molecular flexibility index (Phi) is 7.31. The number of rotatable bonds is 5. The Balaban J connectivity index is 1.80. The van der Waals surface area contributed by atoms with Gasteiger partial charge in [0.25, 0.3) is 0 Å². The minimum Gasteiger partial charge on any atom is -0.507 e. The van der Waals surface area contributed by atoms with Crippen LogP contribution in [0.1, 0.15) is 25.5 Å². The summed E-state index contributed by atoms with van der Waals surface area (Å²) in [5.74, 6) is -0.980. The molecular weight excluding hydrogens is 537 g/mol. The number of fused-ring (bicyclic) bond motifs is 1. The van der Waals surface area contributed by atoms with Crippen LogP contribution < -0.4 is 10.6 Å². The van der Waals surface area contributed by atoms with E-state index in [0.29, 0.717) is 42.1 Å². The fraction of sp³-hybridized carbons (Fsp3) is 0.241. The predicted molar refractivity (Wildman–Crippen MR) is 151 cm³/mol. The van der Waals surface area contributed by atoms with Crippen LogP contribution in [0.5, 0.6) is 5.75 Å². The smallest absolute Gasteiger partial charge is 0.355 e. The van der Waals surface area contributed by atoms with E-state index in [1.165, 1.54) is 28.8 Å². The SMILES string of the molecule is C=CC(=O)N1CCN(c2nc(=O)n(-c3ccccc3[C@H](C)O)c3nc(-c4c(O)cccc4F)c(Cl)cc23)[C@@H](C)C1. The lowest BCUT2D eigenvalue weighted by Crippen LogP contribution is -2.54. The van der Waals surface area contributed by atoms with Crippen LogP contribution >= 0.6 is 11.6 Å². The van der Waals surface area contributed by atoms with E-state index in [4.69, 9.17) is 11.6 Å². The number of para-hydroxylation sites is 1. The van der Waals surface area contributed by atoms with Crippen LogP contribution in [-0.2, 0) is 4.79 Å². The van der Waals surface area contributed by atoms with Crippen LogP contribution in [0.4, 0.5) is 10.2 Å². The number of hydrogen-bond acceptors (Lipinski definition) is 7. The first-order chi connectivity index (χ1) is 19.1. The van der Waals surface area contributed by atoms with Gasteiger partial charge in [0.1, 0.15) is 17.4 Å². The summed E-state index contributed by atoms with van der Waals surface area (Å²) in [5.41, 5.74) is -0.0238. The predicted octanol–water partition coefficient (Wildman–Crippen LogP) is 4.22. The normalized spacial score (nSPS) is 16.3. The first-order valence-corrected chi connectivity index (χ1v) is 13.1. The summed E-state index contributed by atoms with van der Waals surface area (Å²) in [6, 6.07) is 12.0. The van der Waals surface area contributed by atoms with Crippen molar-refractivity contribution in [1.82, 2.24) is 19.4 Å². The zero-order valence-corrected chi connectivity index (χ0v) is 22.6. The highest BCUT2D eigenvalue weighted by Gasteiger charge is 2.30. The molecule has 3 heterocycles. The Morgan fingerprint density at radius 3 is 2.62 bits per heavy atom. The van der Waals surface area contributed by atoms with Crippen LogP contribution in [-0.4, -0.2) is 61.2 Å². The van der Waals surface area contributed by atoms with Crippen LogP contribution in [0, 0.1) is 5.82 Å². The maximum atomic E-state index is 14.9. The summed E-state index contributed by atoms with van der Waals surface area (Å²) in [6.07, 6.45) is 0.343. The number of carbonyl (C=O) groups excluding carboxylic acids is 1. The fourth-order valence-corrected chi connectivity index (χ4v) is 5.36. The van der Waals surface area contributed by atoms with E-state index >= 15 is 0 Å². The zero-order valence-electron chi connectivity index (χ0n) is 21.9. The molecule has 0 spiro atoms. The van der Waals surface area contributed by atoms with Gasteiger partial charge in [0.15, 0.2) is 5.65 Å². The van der Waals surface area contributed by atoms with Crippen molar-refractivity contribution in [2.75, 3.05) is 24.5 Å². The van der Waals surface area contributed by atoms with Crippen molar-refractivity contribution in [1.29, 1.82) is 0 Å². The van der Waals surface area contributed by atoms with Gasteiger partial charge >= 0.3 is 5.69 Å². The first kappa shape index (κ1) is 27.3. The number of phenolic OH excluding ortho intramolecular Hbond substituents is 1. The van der Waals surface area contributed by atoms with Gasteiger partial charge in [-0.2, -0.15) is 4.98 Å². The number of nitrogens with zero attached hydrogens (tertiary/aromatic N) is 5. The van der Waals surface area contributed by atoms with E-state index < -0.39 is 17.6 Å². The highest BCUT2D eigenvalue weighted by Crippen LogP contribution is 2.39.